The average Bonchev–Trinajstić information content (AvgIpc) is 2.59. The summed E-state index contributed by atoms with van der Waals surface area (Å²) in [6.45, 7) is 9.63. The number of rotatable bonds is 1. The zero-order valence-electron chi connectivity index (χ0n) is 9.01. The molecule has 0 amide bonds. The lowest BCUT2D eigenvalue weighted by Crippen LogP contribution is -2.37. The highest BCUT2D eigenvalue weighted by Gasteiger charge is 2.42. The molecule has 0 N–H and O–H groups in total. The minimum absolute atomic E-state index is 0.415. The Balaban J connectivity index is 2.20. The van der Waals surface area contributed by atoms with Crippen LogP contribution in [0, 0.1) is 5.92 Å². The lowest BCUT2D eigenvalue weighted by Gasteiger charge is -2.36. The highest BCUT2D eigenvalue weighted by molar-refractivity contribution is 5.19. The van der Waals surface area contributed by atoms with Crippen molar-refractivity contribution in [3.8, 4) is 0 Å². The first-order valence-corrected chi connectivity index (χ1v) is 5.24. The standard InChI is InChI=1S/C12H18O2/c1-9(2)11-5-4-10(3)12(8-11)13-6-7-14-12/h4,11H,1,5-8H2,2-3H3/t11-/m0/s1. The van der Waals surface area contributed by atoms with Crippen LogP contribution in [-0.2, 0) is 9.47 Å². The molecule has 0 aromatic heterocycles. The Morgan fingerprint density at radius 2 is 2.14 bits per heavy atom. The molecule has 1 aliphatic carbocycles. The maximum Gasteiger partial charge on any atom is 0.191 e. The van der Waals surface area contributed by atoms with E-state index in [2.05, 4.69) is 26.5 Å². The molecule has 0 radical (unpaired) electrons. The summed E-state index contributed by atoms with van der Waals surface area (Å²) in [5.41, 5.74) is 2.46. The van der Waals surface area contributed by atoms with Crippen LogP contribution in [0.25, 0.3) is 0 Å². The van der Waals surface area contributed by atoms with Gasteiger partial charge in [0.1, 0.15) is 0 Å². The van der Waals surface area contributed by atoms with E-state index >= 15 is 0 Å². The zero-order valence-corrected chi connectivity index (χ0v) is 9.01. The first-order valence-electron chi connectivity index (χ1n) is 5.24. The molecule has 14 heavy (non-hydrogen) atoms. The maximum atomic E-state index is 5.74. The Morgan fingerprint density at radius 1 is 1.50 bits per heavy atom. The van der Waals surface area contributed by atoms with Gasteiger partial charge in [0.25, 0.3) is 0 Å². The van der Waals surface area contributed by atoms with E-state index in [1.54, 1.807) is 0 Å². The largest absolute Gasteiger partial charge is 0.344 e. The number of allylic oxidation sites excluding steroid dienone is 2. The third-order valence-corrected chi connectivity index (χ3v) is 3.28. The van der Waals surface area contributed by atoms with Gasteiger partial charge >= 0.3 is 0 Å². The lowest BCUT2D eigenvalue weighted by molar-refractivity contribution is -0.140. The molecule has 1 saturated heterocycles. The van der Waals surface area contributed by atoms with Crippen LogP contribution in [0.4, 0.5) is 0 Å². The van der Waals surface area contributed by atoms with E-state index in [0.29, 0.717) is 19.1 Å². The Labute approximate surface area is 85.6 Å². The minimum atomic E-state index is -0.415. The molecule has 2 nitrogen and oxygen atoms in total. The van der Waals surface area contributed by atoms with Gasteiger partial charge in [0.2, 0.25) is 0 Å². The van der Waals surface area contributed by atoms with Crippen molar-refractivity contribution in [2.45, 2.75) is 32.5 Å². The van der Waals surface area contributed by atoms with Gasteiger partial charge in [0.05, 0.1) is 13.2 Å². The van der Waals surface area contributed by atoms with Crippen LogP contribution >= 0.6 is 0 Å². The molecule has 1 spiro atoms. The van der Waals surface area contributed by atoms with Crippen LogP contribution in [0.3, 0.4) is 0 Å². The molecule has 0 bridgehead atoms. The monoisotopic (exact) mass is 194 g/mol. The Kier molecular flexibility index (Phi) is 2.50. The van der Waals surface area contributed by atoms with E-state index < -0.39 is 5.79 Å². The van der Waals surface area contributed by atoms with Gasteiger partial charge in [0, 0.05) is 6.42 Å². The second-order valence-electron chi connectivity index (χ2n) is 4.32. The van der Waals surface area contributed by atoms with Gasteiger partial charge in [0.15, 0.2) is 5.79 Å². The van der Waals surface area contributed by atoms with Gasteiger partial charge in [-0.3, -0.25) is 0 Å². The van der Waals surface area contributed by atoms with Gasteiger partial charge < -0.3 is 9.47 Å². The van der Waals surface area contributed by atoms with Gasteiger partial charge in [-0.1, -0.05) is 18.2 Å². The number of hydrogen-bond donors (Lipinski definition) is 0. The lowest BCUT2D eigenvalue weighted by atomic mass is 9.82. The molecule has 0 aromatic rings. The van der Waals surface area contributed by atoms with E-state index in [4.69, 9.17) is 9.47 Å². The van der Waals surface area contributed by atoms with E-state index in [-0.39, 0.29) is 0 Å². The summed E-state index contributed by atoms with van der Waals surface area (Å²) in [5, 5.41) is 0. The average molecular weight is 194 g/mol. The molecule has 1 fully saturated rings. The van der Waals surface area contributed by atoms with Crippen molar-refractivity contribution in [2.75, 3.05) is 13.2 Å². The molecular formula is C12H18O2. The summed E-state index contributed by atoms with van der Waals surface area (Å²) in [7, 11) is 0. The molecule has 2 heteroatoms. The summed E-state index contributed by atoms with van der Waals surface area (Å²) in [4.78, 5) is 0. The zero-order chi connectivity index (χ0) is 10.2. The molecule has 0 aromatic carbocycles. The molecule has 1 atom stereocenters. The van der Waals surface area contributed by atoms with Crippen molar-refractivity contribution in [3.63, 3.8) is 0 Å². The third kappa shape index (κ3) is 1.53. The smallest absolute Gasteiger partial charge is 0.191 e. The summed E-state index contributed by atoms with van der Waals surface area (Å²) < 4.78 is 11.5. The quantitative estimate of drug-likeness (QED) is 0.597. The van der Waals surface area contributed by atoms with Gasteiger partial charge in [-0.2, -0.15) is 0 Å². The highest BCUT2D eigenvalue weighted by atomic mass is 16.7. The van der Waals surface area contributed by atoms with Crippen molar-refractivity contribution in [1.29, 1.82) is 0 Å². The van der Waals surface area contributed by atoms with E-state index in [1.165, 1.54) is 11.1 Å². The van der Waals surface area contributed by atoms with Gasteiger partial charge in [-0.25, -0.2) is 0 Å². The molecule has 2 rings (SSSR count). The second kappa shape index (κ2) is 3.52. The Bertz CT molecular complexity index is 272. The van der Waals surface area contributed by atoms with E-state index in [0.717, 1.165) is 12.8 Å². The Hall–Kier alpha value is -0.600. The first kappa shape index (κ1) is 9.94. The maximum absolute atomic E-state index is 5.74. The first-order chi connectivity index (χ1) is 6.64. The number of hydrogen-bond acceptors (Lipinski definition) is 2. The summed E-state index contributed by atoms with van der Waals surface area (Å²) in [5.74, 6) is 0.0961. The fourth-order valence-electron chi connectivity index (χ4n) is 2.22. The summed E-state index contributed by atoms with van der Waals surface area (Å²) in [6, 6.07) is 0. The van der Waals surface area contributed by atoms with Crippen molar-refractivity contribution in [2.24, 2.45) is 5.92 Å². The molecule has 78 valence electrons. The van der Waals surface area contributed by atoms with Crippen LogP contribution in [-0.4, -0.2) is 19.0 Å². The fraction of sp³-hybridized carbons (Fsp3) is 0.667. The van der Waals surface area contributed by atoms with Crippen molar-refractivity contribution in [1.82, 2.24) is 0 Å². The summed E-state index contributed by atoms with van der Waals surface area (Å²) in [6.07, 6.45) is 4.24. The van der Waals surface area contributed by atoms with E-state index in [1.807, 2.05) is 0 Å². The van der Waals surface area contributed by atoms with Crippen molar-refractivity contribution < 1.29 is 9.47 Å². The molecule has 0 saturated carbocycles. The van der Waals surface area contributed by atoms with Gasteiger partial charge in [-0.15, -0.1) is 0 Å². The van der Waals surface area contributed by atoms with Crippen LogP contribution in [0.2, 0.25) is 0 Å². The van der Waals surface area contributed by atoms with Crippen LogP contribution in [0.15, 0.2) is 23.8 Å². The highest BCUT2D eigenvalue weighted by Crippen LogP contribution is 2.41. The molecule has 1 heterocycles. The molecule has 0 unspecified atom stereocenters. The van der Waals surface area contributed by atoms with Crippen LogP contribution in [0.5, 0.6) is 0 Å². The molecular weight excluding hydrogens is 176 g/mol. The van der Waals surface area contributed by atoms with Crippen molar-refractivity contribution in [3.05, 3.63) is 23.8 Å². The van der Waals surface area contributed by atoms with Crippen molar-refractivity contribution >= 4 is 0 Å². The molecule has 2 aliphatic rings. The number of ether oxygens (including phenoxy) is 2. The Morgan fingerprint density at radius 3 is 2.71 bits per heavy atom. The van der Waals surface area contributed by atoms with Crippen LogP contribution < -0.4 is 0 Å². The molecule has 1 aliphatic heterocycles. The normalized spacial score (nSPS) is 30.4. The summed E-state index contributed by atoms with van der Waals surface area (Å²) >= 11 is 0. The SMILES string of the molecule is C=C(C)[C@H]1CC=C(C)C2(C1)OCCO2. The fourth-order valence-corrected chi connectivity index (χ4v) is 2.22. The second-order valence-corrected chi connectivity index (χ2v) is 4.32. The van der Waals surface area contributed by atoms with E-state index in [9.17, 15) is 0 Å². The van der Waals surface area contributed by atoms with Gasteiger partial charge in [-0.05, 0) is 31.8 Å². The third-order valence-electron chi connectivity index (χ3n) is 3.28. The minimum Gasteiger partial charge on any atom is -0.344 e. The predicted octanol–water partition coefficient (Wildman–Crippen LogP) is 2.66. The van der Waals surface area contributed by atoms with Crippen LogP contribution in [0.1, 0.15) is 26.7 Å². The predicted molar refractivity (Wildman–Crippen MR) is 55.9 cm³/mol. The topological polar surface area (TPSA) is 18.5 Å².